The smallest absolute Gasteiger partial charge is 0.191 e. The van der Waals surface area contributed by atoms with Gasteiger partial charge in [-0.1, -0.05) is 18.2 Å². The number of likely N-dealkylation sites (tertiary alicyclic amines) is 1. The van der Waals surface area contributed by atoms with Crippen LogP contribution in [0, 0.1) is 5.82 Å². The third kappa shape index (κ3) is 7.63. The summed E-state index contributed by atoms with van der Waals surface area (Å²) in [6.07, 6.45) is 1.93. The number of phenols is 1. The number of benzene rings is 2. The zero-order chi connectivity index (χ0) is 22.9. The number of rotatable bonds is 8. The Labute approximate surface area is 212 Å². The highest BCUT2D eigenvalue weighted by atomic mass is 127. The summed E-state index contributed by atoms with van der Waals surface area (Å²) >= 11 is 0. The number of methoxy groups -OCH3 is 2. The van der Waals surface area contributed by atoms with E-state index in [2.05, 4.69) is 20.5 Å². The number of halogens is 2. The quantitative estimate of drug-likeness (QED) is 0.253. The van der Waals surface area contributed by atoms with Gasteiger partial charge in [0.05, 0.1) is 20.8 Å². The van der Waals surface area contributed by atoms with Gasteiger partial charge in [0, 0.05) is 37.8 Å². The van der Waals surface area contributed by atoms with Crippen LogP contribution in [0.25, 0.3) is 0 Å². The van der Waals surface area contributed by atoms with Crippen LogP contribution in [0.1, 0.15) is 30.9 Å². The molecule has 2 aromatic carbocycles. The van der Waals surface area contributed by atoms with Crippen molar-refractivity contribution >= 4 is 29.9 Å². The monoisotopic (exact) mass is 572 g/mol. The Morgan fingerprint density at radius 3 is 2.52 bits per heavy atom. The molecule has 182 valence electrons. The number of nitrogens with one attached hydrogen (secondary N) is 2. The maximum absolute atomic E-state index is 13.9. The second-order valence-electron chi connectivity index (χ2n) is 7.83. The lowest BCUT2D eigenvalue weighted by atomic mass is 10.0. The van der Waals surface area contributed by atoms with Gasteiger partial charge in [-0.05, 0) is 43.5 Å². The van der Waals surface area contributed by atoms with Crippen molar-refractivity contribution in [2.24, 2.45) is 4.99 Å². The van der Waals surface area contributed by atoms with Crippen LogP contribution in [0.5, 0.6) is 17.2 Å². The summed E-state index contributed by atoms with van der Waals surface area (Å²) in [7, 11) is 3.01. The number of nitrogens with zero attached hydrogens (tertiary/aromatic N) is 2. The maximum atomic E-state index is 13.9. The molecular formula is C24H34FIN4O3. The molecule has 0 amide bonds. The fraction of sp³-hybridized carbons (Fsp3) is 0.458. The normalized spacial score (nSPS) is 15.0. The Morgan fingerprint density at radius 2 is 1.88 bits per heavy atom. The maximum Gasteiger partial charge on any atom is 0.191 e. The molecule has 0 aliphatic carbocycles. The molecule has 0 unspecified atom stereocenters. The van der Waals surface area contributed by atoms with Crippen LogP contribution in [0.15, 0.2) is 41.4 Å². The largest absolute Gasteiger partial charge is 0.504 e. The molecule has 1 heterocycles. The summed E-state index contributed by atoms with van der Waals surface area (Å²) in [4.78, 5) is 6.97. The van der Waals surface area contributed by atoms with E-state index in [9.17, 15) is 9.50 Å². The Kier molecular flexibility index (Phi) is 11.0. The Hall–Kier alpha value is -2.27. The Morgan fingerprint density at radius 1 is 1.15 bits per heavy atom. The third-order valence-electron chi connectivity index (χ3n) is 5.61. The molecule has 2 aromatic rings. The summed E-state index contributed by atoms with van der Waals surface area (Å²) in [5, 5.41) is 17.1. The molecule has 3 N–H and O–H groups in total. The lowest BCUT2D eigenvalue weighted by molar-refractivity contribution is 0.198. The van der Waals surface area contributed by atoms with Crippen molar-refractivity contribution in [3.05, 3.63) is 53.3 Å². The van der Waals surface area contributed by atoms with Crippen molar-refractivity contribution in [2.75, 3.05) is 33.9 Å². The average molecular weight is 572 g/mol. The topological polar surface area (TPSA) is 78.4 Å². The third-order valence-corrected chi connectivity index (χ3v) is 5.61. The van der Waals surface area contributed by atoms with Crippen LogP contribution in [-0.2, 0) is 13.1 Å². The van der Waals surface area contributed by atoms with E-state index >= 15 is 0 Å². The first-order chi connectivity index (χ1) is 15.5. The van der Waals surface area contributed by atoms with Crippen molar-refractivity contribution in [2.45, 2.75) is 38.9 Å². The van der Waals surface area contributed by atoms with Crippen LogP contribution < -0.4 is 20.1 Å². The predicted molar refractivity (Wildman–Crippen MR) is 139 cm³/mol. The number of aliphatic imine (C=N–C) groups is 1. The van der Waals surface area contributed by atoms with Crippen LogP contribution in [0.3, 0.4) is 0 Å². The fourth-order valence-corrected chi connectivity index (χ4v) is 3.84. The summed E-state index contributed by atoms with van der Waals surface area (Å²) in [6, 6.07) is 10.8. The zero-order valence-electron chi connectivity index (χ0n) is 19.4. The van der Waals surface area contributed by atoms with Gasteiger partial charge in [0.2, 0.25) is 0 Å². The van der Waals surface area contributed by atoms with E-state index in [0.29, 0.717) is 23.9 Å². The molecule has 1 aliphatic rings. The van der Waals surface area contributed by atoms with Gasteiger partial charge in [-0.3, -0.25) is 4.90 Å². The highest BCUT2D eigenvalue weighted by molar-refractivity contribution is 14.0. The molecule has 3 rings (SSSR count). The molecular weight excluding hydrogens is 538 g/mol. The van der Waals surface area contributed by atoms with E-state index in [1.165, 1.54) is 14.2 Å². The van der Waals surface area contributed by atoms with Crippen LogP contribution in [0.4, 0.5) is 4.39 Å². The fourth-order valence-electron chi connectivity index (χ4n) is 3.84. The standard InChI is InChI=1S/C24H33FN4O3.HI/c1-4-26-24(27-15-18-6-5-7-22(32-3)23(18)30)28-19-10-12-29(13-11-19)16-17-8-9-21(31-2)20(25)14-17;/h5-9,14,19,30H,4,10-13,15-16H2,1-3H3,(H2,26,27,28);1H. The van der Waals surface area contributed by atoms with Gasteiger partial charge in [-0.2, -0.15) is 0 Å². The van der Waals surface area contributed by atoms with E-state index in [4.69, 9.17) is 9.47 Å². The van der Waals surface area contributed by atoms with E-state index in [1.54, 1.807) is 18.2 Å². The number of aromatic hydroxyl groups is 1. The van der Waals surface area contributed by atoms with Gasteiger partial charge in [0.15, 0.2) is 29.0 Å². The molecule has 0 bridgehead atoms. The lowest BCUT2D eigenvalue weighted by Gasteiger charge is -2.33. The highest BCUT2D eigenvalue weighted by Crippen LogP contribution is 2.29. The van der Waals surface area contributed by atoms with Crippen molar-refractivity contribution in [1.29, 1.82) is 0 Å². The first-order valence-corrected chi connectivity index (χ1v) is 11.0. The SMILES string of the molecule is CCNC(=NCc1cccc(OC)c1O)NC1CCN(Cc2ccc(OC)c(F)c2)CC1.I. The molecule has 0 radical (unpaired) electrons. The molecule has 1 saturated heterocycles. The van der Waals surface area contributed by atoms with Crippen molar-refractivity contribution in [1.82, 2.24) is 15.5 Å². The predicted octanol–water partition coefficient (Wildman–Crippen LogP) is 3.89. The molecule has 0 spiro atoms. The molecule has 33 heavy (non-hydrogen) atoms. The van der Waals surface area contributed by atoms with Crippen molar-refractivity contribution < 1.29 is 19.0 Å². The molecule has 9 heteroatoms. The van der Waals surface area contributed by atoms with Gasteiger partial charge in [-0.25, -0.2) is 9.38 Å². The minimum absolute atomic E-state index is 0. The Bertz CT molecular complexity index is 921. The van der Waals surface area contributed by atoms with Crippen molar-refractivity contribution in [3.8, 4) is 17.2 Å². The first-order valence-electron chi connectivity index (χ1n) is 11.0. The minimum Gasteiger partial charge on any atom is -0.504 e. The van der Waals surface area contributed by atoms with Crippen LogP contribution >= 0.6 is 24.0 Å². The van der Waals surface area contributed by atoms with Gasteiger partial charge < -0.3 is 25.2 Å². The molecule has 0 aromatic heterocycles. The first kappa shape index (κ1) is 27.0. The van der Waals surface area contributed by atoms with E-state index in [1.807, 2.05) is 25.1 Å². The number of ether oxygens (including phenoxy) is 2. The second kappa shape index (κ2) is 13.4. The van der Waals surface area contributed by atoms with Crippen LogP contribution in [0.2, 0.25) is 0 Å². The van der Waals surface area contributed by atoms with E-state index < -0.39 is 0 Å². The molecule has 0 saturated carbocycles. The number of para-hydroxylation sites is 1. The molecule has 1 fully saturated rings. The van der Waals surface area contributed by atoms with E-state index in [-0.39, 0.29) is 41.3 Å². The second-order valence-corrected chi connectivity index (χ2v) is 7.83. The average Bonchev–Trinajstić information content (AvgIpc) is 2.80. The number of hydrogen-bond donors (Lipinski definition) is 3. The summed E-state index contributed by atoms with van der Waals surface area (Å²) in [5.74, 6) is 1.24. The van der Waals surface area contributed by atoms with Crippen LogP contribution in [-0.4, -0.2) is 55.9 Å². The summed E-state index contributed by atoms with van der Waals surface area (Å²) in [5.41, 5.74) is 1.66. The van der Waals surface area contributed by atoms with Crippen molar-refractivity contribution in [3.63, 3.8) is 0 Å². The number of hydrogen-bond acceptors (Lipinski definition) is 5. The molecule has 1 aliphatic heterocycles. The molecule has 0 atom stereocenters. The lowest BCUT2D eigenvalue weighted by Crippen LogP contribution is -2.48. The minimum atomic E-state index is -0.324. The Balaban J connectivity index is 0.00000385. The van der Waals surface area contributed by atoms with Gasteiger partial charge in [0.1, 0.15) is 0 Å². The van der Waals surface area contributed by atoms with Gasteiger partial charge >= 0.3 is 0 Å². The summed E-state index contributed by atoms with van der Waals surface area (Å²) < 4.78 is 24.1. The molecule has 7 nitrogen and oxygen atoms in total. The number of piperidine rings is 1. The highest BCUT2D eigenvalue weighted by Gasteiger charge is 2.20. The van der Waals surface area contributed by atoms with Gasteiger partial charge in [-0.15, -0.1) is 24.0 Å². The number of phenolic OH excluding ortho intramolecular Hbond substituents is 1. The van der Waals surface area contributed by atoms with E-state index in [0.717, 1.165) is 50.5 Å². The summed E-state index contributed by atoms with van der Waals surface area (Å²) in [6.45, 7) is 5.68. The zero-order valence-corrected chi connectivity index (χ0v) is 21.8. The number of guanidine groups is 1. The van der Waals surface area contributed by atoms with Gasteiger partial charge in [0.25, 0.3) is 0 Å².